The van der Waals surface area contributed by atoms with Crippen LogP contribution in [0.4, 0.5) is 9.18 Å². The van der Waals surface area contributed by atoms with Gasteiger partial charge in [-0.1, -0.05) is 6.92 Å². The highest BCUT2D eigenvalue weighted by atomic mass is 19.1. The van der Waals surface area contributed by atoms with Crippen LogP contribution in [0.15, 0.2) is 24.3 Å². The van der Waals surface area contributed by atoms with Crippen molar-refractivity contribution in [3.63, 3.8) is 0 Å². The molecule has 1 aromatic carbocycles. The summed E-state index contributed by atoms with van der Waals surface area (Å²) in [7, 11) is 0. The van der Waals surface area contributed by atoms with Gasteiger partial charge in [0.15, 0.2) is 6.61 Å². The van der Waals surface area contributed by atoms with Gasteiger partial charge in [-0.25, -0.2) is 9.18 Å². The van der Waals surface area contributed by atoms with Crippen LogP contribution in [0.2, 0.25) is 0 Å². The molecule has 0 bridgehead atoms. The Morgan fingerprint density at radius 3 is 2.39 bits per heavy atom. The molecule has 1 aliphatic rings. The molecule has 0 aromatic heterocycles. The van der Waals surface area contributed by atoms with Crippen LogP contribution in [0, 0.1) is 11.7 Å². The fourth-order valence-electron chi connectivity index (χ4n) is 2.79. The predicted molar refractivity (Wildman–Crippen MR) is 97.8 cm³/mol. The summed E-state index contributed by atoms with van der Waals surface area (Å²) in [5, 5.41) is 4.55. The van der Waals surface area contributed by atoms with E-state index in [4.69, 9.17) is 4.74 Å². The third kappa shape index (κ3) is 6.33. The number of urea groups is 1. The van der Waals surface area contributed by atoms with Gasteiger partial charge in [-0.3, -0.25) is 19.7 Å². The van der Waals surface area contributed by atoms with Gasteiger partial charge in [0.05, 0.1) is 5.92 Å². The number of rotatable bonds is 6. The summed E-state index contributed by atoms with van der Waals surface area (Å²) in [5.41, 5.74) is 0.389. The van der Waals surface area contributed by atoms with Crippen LogP contribution in [0.25, 0.3) is 0 Å². The average Bonchev–Trinajstić information content (AvgIpc) is 2.70. The van der Waals surface area contributed by atoms with Crippen LogP contribution in [0.1, 0.15) is 36.5 Å². The van der Waals surface area contributed by atoms with E-state index in [2.05, 4.69) is 10.6 Å². The number of likely N-dealkylation sites (tertiary alicyclic amines) is 1. The SMILES string of the molecule is CCCNC(=O)NC(=O)COC(=O)C1CCN(C(=O)c2ccc(F)cc2)CC1. The standard InChI is InChI=1S/C19H24FN3O5/c1-2-9-21-19(27)22-16(24)12-28-18(26)14-7-10-23(11-8-14)17(25)13-3-5-15(20)6-4-13/h3-6,14H,2,7-12H2,1H3,(H2,21,22,24,27). The molecule has 1 saturated heterocycles. The fraction of sp³-hybridized carbons (Fsp3) is 0.474. The Labute approximate surface area is 162 Å². The lowest BCUT2D eigenvalue weighted by Gasteiger charge is -2.31. The fourth-order valence-corrected chi connectivity index (χ4v) is 2.79. The number of amides is 4. The first-order valence-electron chi connectivity index (χ1n) is 9.20. The van der Waals surface area contributed by atoms with Crippen molar-refractivity contribution in [2.75, 3.05) is 26.2 Å². The quantitative estimate of drug-likeness (QED) is 0.712. The maximum atomic E-state index is 13.0. The van der Waals surface area contributed by atoms with E-state index < -0.39 is 36.2 Å². The molecule has 28 heavy (non-hydrogen) atoms. The van der Waals surface area contributed by atoms with Gasteiger partial charge in [-0.2, -0.15) is 0 Å². The lowest BCUT2D eigenvalue weighted by molar-refractivity contribution is -0.153. The minimum atomic E-state index is -0.703. The number of hydrogen-bond donors (Lipinski definition) is 2. The van der Waals surface area contributed by atoms with Crippen molar-refractivity contribution in [2.24, 2.45) is 5.92 Å². The third-order valence-electron chi connectivity index (χ3n) is 4.34. The number of piperidine rings is 1. The summed E-state index contributed by atoms with van der Waals surface area (Å²) >= 11 is 0. The van der Waals surface area contributed by atoms with Crippen LogP contribution in [0.3, 0.4) is 0 Å². The van der Waals surface area contributed by atoms with Crippen LogP contribution in [-0.2, 0) is 14.3 Å². The lowest BCUT2D eigenvalue weighted by Crippen LogP contribution is -2.43. The van der Waals surface area contributed by atoms with Gasteiger partial charge >= 0.3 is 12.0 Å². The number of halogens is 1. The smallest absolute Gasteiger partial charge is 0.321 e. The second-order valence-corrected chi connectivity index (χ2v) is 6.49. The number of carbonyl (C=O) groups is 4. The number of carbonyl (C=O) groups excluding carboxylic acids is 4. The molecule has 0 spiro atoms. The van der Waals surface area contributed by atoms with E-state index in [9.17, 15) is 23.6 Å². The van der Waals surface area contributed by atoms with Gasteiger partial charge in [-0.05, 0) is 43.5 Å². The number of hydrogen-bond acceptors (Lipinski definition) is 5. The number of imide groups is 1. The molecule has 1 heterocycles. The second kappa shape index (κ2) is 10.4. The number of esters is 1. The molecule has 0 radical (unpaired) electrons. The molecule has 1 aromatic rings. The third-order valence-corrected chi connectivity index (χ3v) is 4.34. The minimum Gasteiger partial charge on any atom is -0.455 e. The van der Waals surface area contributed by atoms with Crippen molar-refractivity contribution in [2.45, 2.75) is 26.2 Å². The van der Waals surface area contributed by atoms with Crippen molar-refractivity contribution >= 4 is 23.8 Å². The minimum absolute atomic E-state index is 0.218. The maximum Gasteiger partial charge on any atom is 0.321 e. The molecule has 9 heteroatoms. The van der Waals surface area contributed by atoms with Crippen LogP contribution in [-0.4, -0.2) is 55.0 Å². The summed E-state index contributed by atoms with van der Waals surface area (Å²) in [5.74, 6) is -2.28. The Morgan fingerprint density at radius 1 is 1.14 bits per heavy atom. The highest BCUT2D eigenvalue weighted by molar-refractivity contribution is 5.96. The maximum absolute atomic E-state index is 13.0. The Morgan fingerprint density at radius 2 is 1.79 bits per heavy atom. The van der Waals surface area contributed by atoms with E-state index in [0.29, 0.717) is 38.0 Å². The predicted octanol–water partition coefficient (Wildman–Crippen LogP) is 1.46. The number of benzene rings is 1. The Kier molecular flexibility index (Phi) is 7.91. The highest BCUT2D eigenvalue weighted by Gasteiger charge is 2.29. The molecule has 2 rings (SSSR count). The largest absolute Gasteiger partial charge is 0.455 e. The first kappa shape index (κ1) is 21.3. The van der Waals surface area contributed by atoms with Crippen LogP contribution < -0.4 is 10.6 Å². The van der Waals surface area contributed by atoms with E-state index >= 15 is 0 Å². The monoisotopic (exact) mass is 393 g/mol. The number of ether oxygens (including phenoxy) is 1. The first-order valence-corrected chi connectivity index (χ1v) is 9.20. The molecule has 8 nitrogen and oxygen atoms in total. The molecule has 0 unspecified atom stereocenters. The molecule has 1 fully saturated rings. The van der Waals surface area contributed by atoms with Crippen molar-refractivity contribution in [1.29, 1.82) is 0 Å². The van der Waals surface area contributed by atoms with Crippen LogP contribution >= 0.6 is 0 Å². The zero-order chi connectivity index (χ0) is 20.5. The summed E-state index contributed by atoms with van der Waals surface area (Å²) in [6.07, 6.45) is 1.55. The van der Waals surface area contributed by atoms with Gasteiger partial charge in [0.2, 0.25) is 0 Å². The molecule has 2 N–H and O–H groups in total. The number of nitrogens with one attached hydrogen (secondary N) is 2. The normalized spacial score (nSPS) is 14.3. The Bertz CT molecular complexity index is 715. The molecular weight excluding hydrogens is 369 g/mol. The van der Waals surface area contributed by atoms with Crippen molar-refractivity contribution in [3.8, 4) is 0 Å². The average molecular weight is 393 g/mol. The number of nitrogens with zero attached hydrogens (tertiary/aromatic N) is 1. The van der Waals surface area contributed by atoms with E-state index in [1.165, 1.54) is 24.3 Å². The lowest BCUT2D eigenvalue weighted by atomic mass is 9.96. The van der Waals surface area contributed by atoms with Crippen molar-refractivity contribution < 1.29 is 28.3 Å². The second-order valence-electron chi connectivity index (χ2n) is 6.49. The van der Waals surface area contributed by atoms with E-state index in [-0.39, 0.29) is 5.91 Å². The zero-order valence-electron chi connectivity index (χ0n) is 15.7. The van der Waals surface area contributed by atoms with Gasteiger partial charge < -0.3 is 15.0 Å². The summed E-state index contributed by atoms with van der Waals surface area (Å²) in [4.78, 5) is 49.0. The topological polar surface area (TPSA) is 105 Å². The first-order chi connectivity index (χ1) is 13.4. The summed E-state index contributed by atoms with van der Waals surface area (Å²) in [6, 6.07) is 4.67. The van der Waals surface area contributed by atoms with Crippen LogP contribution in [0.5, 0.6) is 0 Å². The van der Waals surface area contributed by atoms with E-state index in [0.717, 1.165) is 6.42 Å². The summed E-state index contributed by atoms with van der Waals surface area (Å²) in [6.45, 7) is 2.51. The molecule has 0 saturated carbocycles. The summed E-state index contributed by atoms with van der Waals surface area (Å²) < 4.78 is 17.9. The van der Waals surface area contributed by atoms with E-state index in [1.54, 1.807) is 4.90 Å². The molecule has 0 atom stereocenters. The van der Waals surface area contributed by atoms with Crippen molar-refractivity contribution in [1.82, 2.24) is 15.5 Å². The molecule has 152 valence electrons. The van der Waals surface area contributed by atoms with Gasteiger partial charge in [0, 0.05) is 25.2 Å². The van der Waals surface area contributed by atoms with Crippen molar-refractivity contribution in [3.05, 3.63) is 35.6 Å². The Balaban J connectivity index is 1.72. The molecule has 1 aliphatic heterocycles. The molecular formula is C19H24FN3O5. The zero-order valence-corrected chi connectivity index (χ0v) is 15.7. The van der Waals surface area contributed by atoms with Gasteiger partial charge in [-0.15, -0.1) is 0 Å². The Hall–Kier alpha value is -2.97. The van der Waals surface area contributed by atoms with Gasteiger partial charge in [0.1, 0.15) is 5.82 Å². The van der Waals surface area contributed by atoms with E-state index in [1.807, 2.05) is 6.92 Å². The van der Waals surface area contributed by atoms with Gasteiger partial charge in [0.25, 0.3) is 11.8 Å². The highest BCUT2D eigenvalue weighted by Crippen LogP contribution is 2.20. The molecule has 4 amide bonds. The molecule has 0 aliphatic carbocycles.